The first kappa shape index (κ1) is 16.0. The van der Waals surface area contributed by atoms with E-state index in [0.717, 1.165) is 19.3 Å². The number of unbranched alkanes of at least 4 members (excludes halogenated alkanes) is 5. The molecular formula is C15H26O2. The summed E-state index contributed by atoms with van der Waals surface area (Å²) in [5.74, 6) is -0.174. The van der Waals surface area contributed by atoms with E-state index in [1.807, 2.05) is 0 Å². The third-order valence-electron chi connectivity index (χ3n) is 2.41. The average molecular weight is 238 g/mol. The van der Waals surface area contributed by atoms with Gasteiger partial charge < -0.3 is 4.74 Å². The Morgan fingerprint density at radius 2 is 1.65 bits per heavy atom. The highest BCUT2D eigenvalue weighted by Gasteiger charge is 1.92. The van der Waals surface area contributed by atoms with Gasteiger partial charge >= 0.3 is 5.97 Å². The fourth-order valence-electron chi connectivity index (χ4n) is 1.45. The van der Waals surface area contributed by atoms with Crippen molar-refractivity contribution in [2.45, 2.75) is 58.8 Å². The fourth-order valence-corrected chi connectivity index (χ4v) is 1.45. The van der Waals surface area contributed by atoms with Gasteiger partial charge in [0.05, 0.1) is 6.61 Å². The smallest absolute Gasteiger partial charge is 0.302 e. The Morgan fingerprint density at radius 3 is 2.29 bits per heavy atom. The molecule has 0 aliphatic carbocycles. The van der Waals surface area contributed by atoms with Gasteiger partial charge in [0, 0.05) is 6.92 Å². The highest BCUT2D eigenvalue weighted by atomic mass is 16.5. The van der Waals surface area contributed by atoms with Gasteiger partial charge in [0.25, 0.3) is 0 Å². The third-order valence-corrected chi connectivity index (χ3v) is 2.41. The largest absolute Gasteiger partial charge is 0.466 e. The van der Waals surface area contributed by atoms with Crippen molar-refractivity contribution >= 4 is 5.97 Å². The molecule has 0 radical (unpaired) electrons. The van der Waals surface area contributed by atoms with Crippen LogP contribution in [0.3, 0.4) is 0 Å². The maximum atomic E-state index is 10.5. The zero-order valence-electron chi connectivity index (χ0n) is 11.3. The summed E-state index contributed by atoms with van der Waals surface area (Å²) in [4.78, 5) is 10.5. The number of hydrogen-bond acceptors (Lipinski definition) is 2. The topological polar surface area (TPSA) is 26.3 Å². The van der Waals surface area contributed by atoms with Crippen molar-refractivity contribution in [3.63, 3.8) is 0 Å². The van der Waals surface area contributed by atoms with Crippen molar-refractivity contribution in [3.05, 3.63) is 24.3 Å². The van der Waals surface area contributed by atoms with E-state index in [4.69, 9.17) is 4.74 Å². The highest BCUT2D eigenvalue weighted by molar-refractivity contribution is 5.65. The summed E-state index contributed by atoms with van der Waals surface area (Å²) in [7, 11) is 0. The SMILES string of the molecule is CCC/C=C\C=C/CCCCCCOC(C)=O. The summed E-state index contributed by atoms with van der Waals surface area (Å²) >= 11 is 0. The van der Waals surface area contributed by atoms with Gasteiger partial charge in [0.1, 0.15) is 0 Å². The Labute approximate surface area is 106 Å². The van der Waals surface area contributed by atoms with Gasteiger partial charge in [-0.2, -0.15) is 0 Å². The Hall–Kier alpha value is -1.05. The maximum Gasteiger partial charge on any atom is 0.302 e. The number of allylic oxidation sites excluding steroid dienone is 4. The number of carbonyl (C=O) groups is 1. The average Bonchev–Trinajstić information content (AvgIpc) is 2.30. The molecule has 2 nitrogen and oxygen atoms in total. The van der Waals surface area contributed by atoms with Crippen molar-refractivity contribution in [2.75, 3.05) is 6.61 Å². The van der Waals surface area contributed by atoms with E-state index in [1.165, 1.54) is 32.6 Å². The summed E-state index contributed by atoms with van der Waals surface area (Å²) in [6.45, 7) is 4.21. The molecule has 0 aliphatic rings. The molecule has 0 bridgehead atoms. The molecule has 0 atom stereocenters. The van der Waals surface area contributed by atoms with Crippen LogP contribution < -0.4 is 0 Å². The lowest BCUT2D eigenvalue weighted by atomic mass is 10.1. The van der Waals surface area contributed by atoms with Crippen molar-refractivity contribution in [1.29, 1.82) is 0 Å². The van der Waals surface area contributed by atoms with Gasteiger partial charge in [0.15, 0.2) is 0 Å². The first-order chi connectivity index (χ1) is 8.27. The van der Waals surface area contributed by atoms with Crippen LogP contribution in [0.2, 0.25) is 0 Å². The zero-order valence-corrected chi connectivity index (χ0v) is 11.3. The first-order valence-corrected chi connectivity index (χ1v) is 6.72. The van der Waals surface area contributed by atoms with Crippen molar-refractivity contribution < 1.29 is 9.53 Å². The Morgan fingerprint density at radius 1 is 1.00 bits per heavy atom. The van der Waals surface area contributed by atoms with E-state index in [1.54, 1.807) is 0 Å². The molecule has 0 spiro atoms. The van der Waals surface area contributed by atoms with Crippen molar-refractivity contribution in [3.8, 4) is 0 Å². The van der Waals surface area contributed by atoms with Gasteiger partial charge in [-0.3, -0.25) is 4.79 Å². The van der Waals surface area contributed by atoms with Crippen LogP contribution >= 0.6 is 0 Å². The predicted octanol–water partition coefficient (Wildman–Crippen LogP) is 4.41. The molecule has 0 heterocycles. The number of hydrogen-bond donors (Lipinski definition) is 0. The van der Waals surface area contributed by atoms with E-state index in [9.17, 15) is 4.79 Å². The summed E-state index contributed by atoms with van der Waals surface area (Å²) in [5, 5.41) is 0. The molecule has 0 saturated heterocycles. The lowest BCUT2D eigenvalue weighted by Crippen LogP contribution is -1.99. The van der Waals surface area contributed by atoms with Crippen LogP contribution in [0.4, 0.5) is 0 Å². The van der Waals surface area contributed by atoms with Gasteiger partial charge in [-0.25, -0.2) is 0 Å². The predicted molar refractivity (Wildman–Crippen MR) is 72.9 cm³/mol. The van der Waals surface area contributed by atoms with Gasteiger partial charge in [-0.15, -0.1) is 0 Å². The van der Waals surface area contributed by atoms with Gasteiger partial charge in [-0.1, -0.05) is 50.5 Å². The lowest BCUT2D eigenvalue weighted by molar-refractivity contribution is -0.141. The highest BCUT2D eigenvalue weighted by Crippen LogP contribution is 2.04. The van der Waals surface area contributed by atoms with Crippen LogP contribution in [0, 0.1) is 0 Å². The van der Waals surface area contributed by atoms with E-state index in [2.05, 4.69) is 31.2 Å². The van der Waals surface area contributed by atoms with Crippen LogP contribution in [-0.2, 0) is 9.53 Å². The minimum absolute atomic E-state index is 0.174. The molecule has 0 N–H and O–H groups in total. The molecule has 0 aromatic rings. The van der Waals surface area contributed by atoms with Gasteiger partial charge in [0.2, 0.25) is 0 Å². The molecule has 0 amide bonds. The molecule has 17 heavy (non-hydrogen) atoms. The standard InChI is InChI=1S/C15H26O2/c1-3-4-5-6-7-8-9-10-11-12-13-14-17-15(2)16/h5-8H,3-4,9-14H2,1-2H3/b6-5-,8-7-. The summed E-state index contributed by atoms with van der Waals surface area (Å²) in [5.41, 5.74) is 0. The lowest BCUT2D eigenvalue weighted by Gasteiger charge is -2.00. The molecule has 0 aromatic carbocycles. The number of carbonyl (C=O) groups excluding carboxylic acids is 1. The molecule has 0 saturated carbocycles. The summed E-state index contributed by atoms with van der Waals surface area (Å²) in [6, 6.07) is 0. The number of esters is 1. The molecule has 2 heteroatoms. The molecule has 0 aromatic heterocycles. The molecule has 0 aliphatic heterocycles. The van der Waals surface area contributed by atoms with Crippen LogP contribution in [0.15, 0.2) is 24.3 Å². The Kier molecular flexibility index (Phi) is 12.2. The maximum absolute atomic E-state index is 10.5. The molecule has 0 unspecified atom stereocenters. The first-order valence-electron chi connectivity index (χ1n) is 6.72. The number of ether oxygens (including phenoxy) is 1. The van der Waals surface area contributed by atoms with Crippen molar-refractivity contribution in [2.24, 2.45) is 0 Å². The normalized spacial score (nSPS) is 11.4. The minimum atomic E-state index is -0.174. The zero-order chi connectivity index (χ0) is 12.8. The quantitative estimate of drug-likeness (QED) is 0.320. The monoisotopic (exact) mass is 238 g/mol. The van der Waals surface area contributed by atoms with Crippen LogP contribution in [0.1, 0.15) is 58.8 Å². The molecule has 98 valence electrons. The third kappa shape index (κ3) is 14.9. The van der Waals surface area contributed by atoms with E-state index in [0.29, 0.717) is 6.61 Å². The Balaban J connectivity index is 3.15. The van der Waals surface area contributed by atoms with E-state index < -0.39 is 0 Å². The van der Waals surface area contributed by atoms with Crippen LogP contribution in [0.25, 0.3) is 0 Å². The van der Waals surface area contributed by atoms with Crippen LogP contribution in [0.5, 0.6) is 0 Å². The van der Waals surface area contributed by atoms with E-state index >= 15 is 0 Å². The summed E-state index contributed by atoms with van der Waals surface area (Å²) in [6.07, 6.45) is 16.8. The van der Waals surface area contributed by atoms with Crippen LogP contribution in [-0.4, -0.2) is 12.6 Å². The second-order valence-corrected chi connectivity index (χ2v) is 4.19. The van der Waals surface area contributed by atoms with Gasteiger partial charge in [-0.05, 0) is 25.7 Å². The molecular weight excluding hydrogens is 212 g/mol. The molecule has 0 rings (SSSR count). The Bertz CT molecular complexity index is 229. The van der Waals surface area contributed by atoms with E-state index in [-0.39, 0.29) is 5.97 Å². The second-order valence-electron chi connectivity index (χ2n) is 4.19. The second kappa shape index (κ2) is 13.0. The van der Waals surface area contributed by atoms with Crippen molar-refractivity contribution in [1.82, 2.24) is 0 Å². The molecule has 0 fully saturated rings. The summed E-state index contributed by atoms with van der Waals surface area (Å²) < 4.78 is 4.86. The fraction of sp³-hybridized carbons (Fsp3) is 0.667. The minimum Gasteiger partial charge on any atom is -0.466 e. The number of rotatable bonds is 10.